The van der Waals surface area contributed by atoms with E-state index in [0.29, 0.717) is 5.69 Å². The van der Waals surface area contributed by atoms with Gasteiger partial charge in [0.1, 0.15) is 0 Å². The van der Waals surface area contributed by atoms with Crippen molar-refractivity contribution in [2.45, 2.75) is 12.1 Å². The smallest absolute Gasteiger partial charge is 0.268 e. The molecule has 0 unspecified atom stereocenters. The van der Waals surface area contributed by atoms with Crippen LogP contribution in [0.1, 0.15) is 17.0 Å². The van der Waals surface area contributed by atoms with Crippen LogP contribution in [-0.4, -0.2) is 34.3 Å². The minimum atomic E-state index is -3.53. The molecular weight excluding hydrogens is 458 g/mol. The van der Waals surface area contributed by atoms with Gasteiger partial charge in [0.2, 0.25) is 9.84 Å². The molecule has 0 bridgehead atoms. The van der Waals surface area contributed by atoms with Gasteiger partial charge < -0.3 is 4.90 Å². The number of benzene rings is 3. The van der Waals surface area contributed by atoms with Crippen LogP contribution < -0.4 is 4.90 Å². The van der Waals surface area contributed by atoms with E-state index in [1.807, 2.05) is 73.7 Å². The van der Waals surface area contributed by atoms with E-state index in [0.717, 1.165) is 34.6 Å². The Bertz CT molecular complexity index is 1570. The molecular formula is C27H23N5O2S. The Hall–Kier alpha value is -4.30. The maximum Gasteiger partial charge on any atom is 0.268 e. The second-order valence-electron chi connectivity index (χ2n) is 8.13. The summed E-state index contributed by atoms with van der Waals surface area (Å²) >= 11 is 0. The first-order valence-electron chi connectivity index (χ1n) is 11.0. The number of hydrogen-bond acceptors (Lipinski definition) is 6. The predicted molar refractivity (Wildman–Crippen MR) is 139 cm³/mol. The van der Waals surface area contributed by atoms with Crippen LogP contribution in [0, 0.1) is 6.92 Å². The van der Waals surface area contributed by atoms with Crippen LogP contribution in [-0.2, 0) is 9.84 Å². The molecule has 3 aromatic carbocycles. The summed E-state index contributed by atoms with van der Waals surface area (Å²) in [6.07, 6.45) is 4.92. The Morgan fingerprint density at radius 2 is 1.34 bits per heavy atom. The topological polar surface area (TPSA) is 80.5 Å². The Labute approximate surface area is 204 Å². The lowest BCUT2D eigenvalue weighted by atomic mass is 10.1. The lowest BCUT2D eigenvalue weighted by Crippen LogP contribution is -2.09. The molecule has 0 aliphatic heterocycles. The predicted octanol–water partition coefficient (Wildman–Crippen LogP) is 5.48. The Morgan fingerprint density at radius 1 is 0.771 bits per heavy atom. The molecule has 0 radical (unpaired) electrons. The Balaban J connectivity index is 1.48. The van der Waals surface area contributed by atoms with Gasteiger partial charge >= 0.3 is 0 Å². The van der Waals surface area contributed by atoms with E-state index in [1.165, 1.54) is 4.52 Å². The van der Waals surface area contributed by atoms with Gasteiger partial charge in [0, 0.05) is 29.0 Å². The molecule has 0 spiro atoms. The molecule has 0 fully saturated rings. The standard InChI is InChI=1S/C27H23N5O2S/c1-20-19-25(32-26(28-20)29-27(30-32)35(2,33)34)18-15-21-13-16-24(17-14-21)31(22-9-5-3-6-10-22)23-11-7-4-8-12-23/h3-19H,1-2H3/b18-15+. The van der Waals surface area contributed by atoms with Gasteiger partial charge in [-0.1, -0.05) is 54.6 Å². The highest BCUT2D eigenvalue weighted by atomic mass is 32.2. The quantitative estimate of drug-likeness (QED) is 0.320. The van der Waals surface area contributed by atoms with Crippen molar-refractivity contribution in [3.8, 4) is 0 Å². The van der Waals surface area contributed by atoms with E-state index in [9.17, 15) is 8.42 Å². The Kier molecular flexibility index (Phi) is 5.88. The fraction of sp³-hybridized carbons (Fsp3) is 0.0741. The maximum absolute atomic E-state index is 11.9. The lowest BCUT2D eigenvalue weighted by molar-refractivity contribution is 0.593. The number of nitrogens with zero attached hydrogens (tertiary/aromatic N) is 5. The molecule has 174 valence electrons. The summed E-state index contributed by atoms with van der Waals surface area (Å²) in [4.78, 5) is 10.6. The van der Waals surface area contributed by atoms with Gasteiger partial charge in [-0.15, -0.1) is 5.10 Å². The highest BCUT2D eigenvalue weighted by Gasteiger charge is 2.17. The van der Waals surface area contributed by atoms with E-state index in [-0.39, 0.29) is 10.9 Å². The molecule has 0 N–H and O–H groups in total. The number of aromatic nitrogens is 4. The first-order chi connectivity index (χ1) is 16.9. The van der Waals surface area contributed by atoms with E-state index in [1.54, 1.807) is 0 Å². The van der Waals surface area contributed by atoms with Gasteiger partial charge in [-0.05, 0) is 61.0 Å². The van der Waals surface area contributed by atoms with Crippen molar-refractivity contribution >= 4 is 44.8 Å². The number of sulfone groups is 1. The van der Waals surface area contributed by atoms with Gasteiger partial charge in [-0.2, -0.15) is 9.50 Å². The van der Waals surface area contributed by atoms with Crippen molar-refractivity contribution in [3.05, 3.63) is 108 Å². The summed E-state index contributed by atoms with van der Waals surface area (Å²) in [7, 11) is -3.53. The molecule has 5 rings (SSSR count). The van der Waals surface area contributed by atoms with Gasteiger partial charge in [-0.3, -0.25) is 0 Å². The molecule has 5 aromatic rings. The molecule has 0 saturated carbocycles. The van der Waals surface area contributed by atoms with Crippen molar-refractivity contribution in [2.24, 2.45) is 0 Å². The number of fused-ring (bicyclic) bond motifs is 1. The normalized spacial score (nSPS) is 11.8. The first kappa shape index (κ1) is 22.5. The molecule has 0 atom stereocenters. The van der Waals surface area contributed by atoms with E-state index in [4.69, 9.17) is 0 Å². The van der Waals surface area contributed by atoms with Gasteiger partial charge in [0.05, 0.1) is 5.69 Å². The maximum atomic E-state index is 11.9. The van der Waals surface area contributed by atoms with Crippen LogP contribution in [0.5, 0.6) is 0 Å². The fourth-order valence-corrected chi connectivity index (χ4v) is 4.27. The molecule has 35 heavy (non-hydrogen) atoms. The zero-order valence-corrected chi connectivity index (χ0v) is 20.1. The van der Waals surface area contributed by atoms with Crippen LogP contribution in [0.4, 0.5) is 17.1 Å². The Morgan fingerprint density at radius 3 is 1.91 bits per heavy atom. The number of rotatable bonds is 6. The monoisotopic (exact) mass is 481 g/mol. The molecule has 0 aliphatic rings. The number of hydrogen-bond donors (Lipinski definition) is 0. The van der Waals surface area contributed by atoms with Crippen molar-refractivity contribution in [1.82, 2.24) is 19.6 Å². The van der Waals surface area contributed by atoms with Crippen LogP contribution >= 0.6 is 0 Å². The summed E-state index contributed by atoms with van der Waals surface area (Å²) in [5.41, 5.74) is 5.58. The van der Waals surface area contributed by atoms with Crippen LogP contribution in [0.15, 0.2) is 96.2 Å². The number of anilines is 3. The first-order valence-corrected chi connectivity index (χ1v) is 12.9. The largest absolute Gasteiger partial charge is 0.311 e. The summed E-state index contributed by atoms with van der Waals surface area (Å²) in [6, 6.07) is 30.5. The molecule has 0 amide bonds. The third-order valence-corrected chi connectivity index (χ3v) is 6.24. The molecule has 7 nitrogen and oxygen atoms in total. The van der Waals surface area contributed by atoms with E-state index < -0.39 is 9.84 Å². The van der Waals surface area contributed by atoms with Crippen LogP contribution in [0.25, 0.3) is 17.9 Å². The number of aryl methyl sites for hydroxylation is 1. The average Bonchev–Trinajstić information content (AvgIpc) is 3.30. The minimum Gasteiger partial charge on any atom is -0.311 e. The summed E-state index contributed by atoms with van der Waals surface area (Å²) in [6.45, 7) is 1.84. The third-order valence-electron chi connectivity index (χ3n) is 5.41. The molecule has 2 heterocycles. The highest BCUT2D eigenvalue weighted by Crippen LogP contribution is 2.34. The van der Waals surface area contributed by atoms with Crippen molar-refractivity contribution in [3.63, 3.8) is 0 Å². The van der Waals surface area contributed by atoms with Crippen LogP contribution in [0.3, 0.4) is 0 Å². The summed E-state index contributed by atoms with van der Waals surface area (Å²) < 4.78 is 25.2. The van der Waals surface area contributed by atoms with Gasteiger partial charge in [0.25, 0.3) is 10.9 Å². The van der Waals surface area contributed by atoms with E-state index in [2.05, 4.69) is 56.4 Å². The third kappa shape index (κ3) is 4.83. The van der Waals surface area contributed by atoms with Crippen molar-refractivity contribution in [1.29, 1.82) is 0 Å². The van der Waals surface area contributed by atoms with Gasteiger partial charge in [-0.25, -0.2) is 13.4 Å². The molecule has 0 aliphatic carbocycles. The second kappa shape index (κ2) is 9.15. The highest BCUT2D eigenvalue weighted by molar-refractivity contribution is 7.90. The molecule has 8 heteroatoms. The zero-order chi connectivity index (χ0) is 24.4. The summed E-state index contributed by atoms with van der Waals surface area (Å²) in [5, 5.41) is 3.90. The van der Waals surface area contributed by atoms with Gasteiger partial charge in [0.15, 0.2) is 0 Å². The molecule has 0 saturated heterocycles. The average molecular weight is 482 g/mol. The van der Waals surface area contributed by atoms with Crippen molar-refractivity contribution < 1.29 is 8.42 Å². The zero-order valence-electron chi connectivity index (χ0n) is 19.3. The fourth-order valence-electron chi connectivity index (χ4n) is 3.79. The summed E-state index contributed by atoms with van der Waals surface area (Å²) in [5.74, 6) is 0.252. The van der Waals surface area contributed by atoms with Crippen molar-refractivity contribution in [2.75, 3.05) is 11.2 Å². The minimum absolute atomic E-state index is 0.239. The van der Waals surface area contributed by atoms with Crippen LogP contribution in [0.2, 0.25) is 0 Å². The lowest BCUT2D eigenvalue weighted by Gasteiger charge is -2.25. The second-order valence-corrected chi connectivity index (χ2v) is 10.0. The SMILES string of the molecule is Cc1cc(/C=C/c2ccc(N(c3ccccc3)c3ccccc3)cc2)n2nc(S(C)(=O)=O)nc2n1. The molecule has 2 aromatic heterocycles. The number of para-hydroxylation sites is 2. The van der Waals surface area contributed by atoms with E-state index >= 15 is 0 Å².